The van der Waals surface area contributed by atoms with Crippen LogP contribution < -0.4 is 10.2 Å². The lowest BCUT2D eigenvalue weighted by atomic mass is 9.98. The fourth-order valence-electron chi connectivity index (χ4n) is 2.31. The van der Waals surface area contributed by atoms with Gasteiger partial charge in [0.15, 0.2) is 0 Å². The van der Waals surface area contributed by atoms with E-state index in [9.17, 15) is 13.2 Å². The van der Waals surface area contributed by atoms with Crippen molar-refractivity contribution < 1.29 is 18.3 Å². The van der Waals surface area contributed by atoms with Gasteiger partial charge >= 0.3 is 6.18 Å². The Kier molecular flexibility index (Phi) is 4.37. The standard InChI is InChI=1S/C13H18F3N3O/c1-17-11-6-10(13(14,15)16)7-12(18-11)19-4-2-9(8-20)3-5-19/h6-7,9,20H,2-5,8H2,1H3,(H,17,18). The fraction of sp³-hybridized carbons (Fsp3) is 0.615. The van der Waals surface area contributed by atoms with E-state index >= 15 is 0 Å². The maximum Gasteiger partial charge on any atom is 0.416 e. The third kappa shape index (κ3) is 3.33. The molecule has 1 aromatic heterocycles. The molecule has 7 heteroatoms. The first kappa shape index (κ1) is 14.9. The Bertz CT molecular complexity index is 457. The van der Waals surface area contributed by atoms with E-state index in [0.717, 1.165) is 25.0 Å². The number of rotatable bonds is 3. The number of pyridine rings is 1. The zero-order valence-corrected chi connectivity index (χ0v) is 11.2. The number of nitrogens with one attached hydrogen (secondary N) is 1. The summed E-state index contributed by atoms with van der Waals surface area (Å²) in [6.07, 6.45) is -2.85. The number of aliphatic hydroxyl groups excluding tert-OH is 1. The molecule has 2 rings (SSSR count). The van der Waals surface area contributed by atoms with E-state index in [0.29, 0.717) is 18.9 Å². The molecule has 0 radical (unpaired) electrons. The molecule has 4 nitrogen and oxygen atoms in total. The summed E-state index contributed by atoms with van der Waals surface area (Å²) >= 11 is 0. The lowest BCUT2D eigenvalue weighted by Crippen LogP contribution is -2.35. The van der Waals surface area contributed by atoms with Gasteiger partial charge in [0.25, 0.3) is 0 Å². The highest BCUT2D eigenvalue weighted by Gasteiger charge is 2.32. The third-order valence-corrected chi connectivity index (χ3v) is 3.59. The summed E-state index contributed by atoms with van der Waals surface area (Å²) in [4.78, 5) is 6.03. The second-order valence-electron chi connectivity index (χ2n) is 4.96. The van der Waals surface area contributed by atoms with E-state index in [2.05, 4.69) is 10.3 Å². The minimum Gasteiger partial charge on any atom is -0.396 e. The molecule has 0 aliphatic carbocycles. The van der Waals surface area contributed by atoms with Gasteiger partial charge in [-0.25, -0.2) is 4.98 Å². The normalized spacial score (nSPS) is 17.4. The minimum atomic E-state index is -4.38. The number of hydrogen-bond donors (Lipinski definition) is 2. The van der Waals surface area contributed by atoms with Crippen LogP contribution in [0.1, 0.15) is 18.4 Å². The second-order valence-corrected chi connectivity index (χ2v) is 4.96. The number of halogens is 3. The van der Waals surface area contributed by atoms with Gasteiger partial charge in [0.2, 0.25) is 0 Å². The van der Waals surface area contributed by atoms with Gasteiger partial charge in [0.1, 0.15) is 11.6 Å². The highest BCUT2D eigenvalue weighted by atomic mass is 19.4. The predicted molar refractivity (Wildman–Crippen MR) is 70.8 cm³/mol. The number of piperidine rings is 1. The van der Waals surface area contributed by atoms with E-state index in [-0.39, 0.29) is 18.3 Å². The summed E-state index contributed by atoms with van der Waals surface area (Å²) in [7, 11) is 1.55. The van der Waals surface area contributed by atoms with Crippen LogP contribution in [0.5, 0.6) is 0 Å². The van der Waals surface area contributed by atoms with Crippen LogP contribution in [0.2, 0.25) is 0 Å². The summed E-state index contributed by atoms with van der Waals surface area (Å²) in [6, 6.07) is 2.09. The topological polar surface area (TPSA) is 48.4 Å². The van der Waals surface area contributed by atoms with Gasteiger partial charge in [-0.2, -0.15) is 13.2 Å². The van der Waals surface area contributed by atoms with Crippen LogP contribution in [0.3, 0.4) is 0 Å². The molecule has 0 unspecified atom stereocenters. The SMILES string of the molecule is CNc1cc(C(F)(F)F)cc(N2CCC(CO)CC2)n1. The van der Waals surface area contributed by atoms with Crippen LogP contribution in [-0.4, -0.2) is 36.8 Å². The molecule has 1 aliphatic heterocycles. The smallest absolute Gasteiger partial charge is 0.396 e. The van der Waals surface area contributed by atoms with Crippen LogP contribution >= 0.6 is 0 Å². The zero-order chi connectivity index (χ0) is 14.8. The summed E-state index contributed by atoms with van der Waals surface area (Å²) in [6.45, 7) is 1.36. The van der Waals surface area contributed by atoms with Crippen LogP contribution in [0, 0.1) is 5.92 Å². The summed E-state index contributed by atoms with van der Waals surface area (Å²) in [5.41, 5.74) is -0.698. The lowest BCUT2D eigenvalue weighted by molar-refractivity contribution is -0.137. The van der Waals surface area contributed by atoms with E-state index < -0.39 is 11.7 Å². The summed E-state index contributed by atoms with van der Waals surface area (Å²) in [5.74, 6) is 0.778. The van der Waals surface area contributed by atoms with Crippen LogP contribution in [0.25, 0.3) is 0 Å². The van der Waals surface area contributed by atoms with E-state index in [4.69, 9.17) is 5.11 Å². The van der Waals surface area contributed by atoms with Crippen LogP contribution in [0.4, 0.5) is 24.8 Å². The van der Waals surface area contributed by atoms with Gasteiger partial charge in [-0.3, -0.25) is 0 Å². The van der Waals surface area contributed by atoms with Crippen molar-refractivity contribution >= 4 is 11.6 Å². The number of nitrogens with zero attached hydrogens (tertiary/aromatic N) is 2. The number of anilines is 2. The molecule has 20 heavy (non-hydrogen) atoms. The summed E-state index contributed by atoms with van der Waals surface area (Å²) in [5, 5.41) is 11.7. The average Bonchev–Trinajstić information content (AvgIpc) is 2.46. The maximum atomic E-state index is 12.9. The van der Waals surface area contributed by atoms with Gasteiger partial charge in [-0.05, 0) is 30.9 Å². The van der Waals surface area contributed by atoms with E-state index in [1.54, 1.807) is 7.05 Å². The van der Waals surface area contributed by atoms with Crippen molar-refractivity contribution in [2.45, 2.75) is 19.0 Å². The number of aliphatic hydroxyl groups is 1. The lowest BCUT2D eigenvalue weighted by Gasteiger charge is -2.32. The monoisotopic (exact) mass is 289 g/mol. The molecule has 1 saturated heterocycles. The molecule has 0 atom stereocenters. The highest BCUT2D eigenvalue weighted by Crippen LogP contribution is 2.33. The Morgan fingerprint density at radius 3 is 2.50 bits per heavy atom. The molecule has 0 bridgehead atoms. The quantitative estimate of drug-likeness (QED) is 0.897. The minimum absolute atomic E-state index is 0.131. The van der Waals surface area contributed by atoms with Crippen LogP contribution in [-0.2, 0) is 6.18 Å². The van der Waals surface area contributed by atoms with E-state index in [1.807, 2.05) is 4.90 Å². The molecule has 1 aliphatic rings. The highest BCUT2D eigenvalue weighted by molar-refractivity contribution is 5.51. The molecule has 1 aromatic rings. The van der Waals surface area contributed by atoms with Crippen LogP contribution in [0.15, 0.2) is 12.1 Å². The largest absolute Gasteiger partial charge is 0.416 e. The van der Waals surface area contributed by atoms with Crippen molar-refractivity contribution in [3.63, 3.8) is 0 Å². The van der Waals surface area contributed by atoms with Gasteiger partial charge < -0.3 is 15.3 Å². The molecular weight excluding hydrogens is 271 g/mol. The van der Waals surface area contributed by atoms with Crippen molar-refractivity contribution in [1.29, 1.82) is 0 Å². The predicted octanol–water partition coefficient (Wildman–Crippen LogP) is 2.35. The van der Waals surface area contributed by atoms with Gasteiger partial charge in [-0.1, -0.05) is 0 Å². The van der Waals surface area contributed by atoms with Gasteiger partial charge in [0, 0.05) is 26.7 Å². The Labute approximate surface area is 115 Å². The summed E-state index contributed by atoms with van der Waals surface area (Å²) < 4.78 is 38.6. The molecule has 0 saturated carbocycles. The molecule has 2 N–H and O–H groups in total. The van der Waals surface area contributed by atoms with E-state index in [1.165, 1.54) is 0 Å². The first-order valence-electron chi connectivity index (χ1n) is 6.57. The fourth-order valence-corrected chi connectivity index (χ4v) is 2.31. The molecule has 1 fully saturated rings. The molecular formula is C13H18F3N3O. The number of hydrogen-bond acceptors (Lipinski definition) is 4. The Morgan fingerprint density at radius 2 is 2.00 bits per heavy atom. The van der Waals surface area contributed by atoms with Crippen molar-refractivity contribution in [2.24, 2.45) is 5.92 Å². The van der Waals surface area contributed by atoms with Crippen molar-refractivity contribution in [1.82, 2.24) is 4.98 Å². The second kappa shape index (κ2) is 5.87. The maximum absolute atomic E-state index is 12.9. The number of alkyl halides is 3. The molecule has 112 valence electrons. The molecule has 2 heterocycles. The Balaban J connectivity index is 2.23. The van der Waals surface area contributed by atoms with Crippen molar-refractivity contribution in [2.75, 3.05) is 37.0 Å². The van der Waals surface area contributed by atoms with Crippen molar-refractivity contribution in [3.05, 3.63) is 17.7 Å². The Morgan fingerprint density at radius 1 is 1.35 bits per heavy atom. The molecule has 0 amide bonds. The Hall–Kier alpha value is -1.50. The zero-order valence-electron chi connectivity index (χ0n) is 11.2. The average molecular weight is 289 g/mol. The van der Waals surface area contributed by atoms with Gasteiger partial charge in [-0.15, -0.1) is 0 Å². The van der Waals surface area contributed by atoms with Gasteiger partial charge in [0.05, 0.1) is 5.56 Å². The third-order valence-electron chi connectivity index (χ3n) is 3.59. The number of aromatic nitrogens is 1. The first-order valence-corrected chi connectivity index (χ1v) is 6.57. The first-order chi connectivity index (χ1) is 9.44. The van der Waals surface area contributed by atoms with Crippen molar-refractivity contribution in [3.8, 4) is 0 Å². The molecule has 0 aromatic carbocycles. The molecule has 0 spiro atoms.